The molecule has 0 radical (unpaired) electrons. The lowest BCUT2D eigenvalue weighted by Crippen LogP contribution is -2.29. The van der Waals surface area contributed by atoms with Crippen LogP contribution in [0.3, 0.4) is 0 Å². The van der Waals surface area contributed by atoms with Gasteiger partial charge in [-0.3, -0.25) is 9.59 Å². The Morgan fingerprint density at radius 1 is 0.800 bits per heavy atom. The van der Waals surface area contributed by atoms with Crippen molar-refractivity contribution < 1.29 is 9.59 Å². The van der Waals surface area contributed by atoms with Crippen molar-refractivity contribution in [2.24, 2.45) is 0 Å². The fourth-order valence-corrected chi connectivity index (χ4v) is 2.92. The van der Waals surface area contributed by atoms with Gasteiger partial charge in [0.25, 0.3) is 11.8 Å². The summed E-state index contributed by atoms with van der Waals surface area (Å²) in [5, 5.41) is 6.41. The van der Waals surface area contributed by atoms with E-state index in [4.69, 9.17) is 46.4 Å². The molecular weight excluding hydrogens is 406 g/mol. The summed E-state index contributed by atoms with van der Waals surface area (Å²) in [5.41, 5.74) is 0.468. The molecule has 2 N–H and O–H groups in total. The number of carbonyl (C=O) groups excluding carboxylic acids is 2. The second-order valence-electron chi connectivity index (χ2n) is 5.63. The Bertz CT molecular complexity index is 547. The SMILES string of the molecule is O=C(NCCCCCCCCNC(=O)C(Cl)Cl)c1cc(Cl)cc(Cl)c1. The van der Waals surface area contributed by atoms with Gasteiger partial charge in [0.2, 0.25) is 0 Å². The highest BCUT2D eigenvalue weighted by Crippen LogP contribution is 2.18. The fraction of sp³-hybridized carbons (Fsp3) is 0.529. The highest BCUT2D eigenvalue weighted by Gasteiger charge is 2.09. The average molecular weight is 428 g/mol. The fourth-order valence-electron chi connectivity index (χ4n) is 2.23. The van der Waals surface area contributed by atoms with Crippen LogP contribution in [0.4, 0.5) is 0 Å². The van der Waals surface area contributed by atoms with E-state index in [1.807, 2.05) is 0 Å². The number of nitrogens with one attached hydrogen (secondary N) is 2. The largest absolute Gasteiger partial charge is 0.354 e. The van der Waals surface area contributed by atoms with E-state index in [-0.39, 0.29) is 11.8 Å². The van der Waals surface area contributed by atoms with E-state index in [1.165, 1.54) is 0 Å². The molecule has 0 spiro atoms. The Kier molecular flexibility index (Phi) is 11.3. The van der Waals surface area contributed by atoms with Crippen molar-refractivity contribution >= 4 is 58.2 Å². The Morgan fingerprint density at radius 3 is 1.80 bits per heavy atom. The minimum Gasteiger partial charge on any atom is -0.354 e. The van der Waals surface area contributed by atoms with Crippen molar-refractivity contribution in [3.63, 3.8) is 0 Å². The third-order valence-electron chi connectivity index (χ3n) is 3.51. The average Bonchev–Trinajstić information content (AvgIpc) is 2.55. The maximum Gasteiger partial charge on any atom is 0.253 e. The van der Waals surface area contributed by atoms with Gasteiger partial charge >= 0.3 is 0 Å². The summed E-state index contributed by atoms with van der Waals surface area (Å²) in [6.45, 7) is 1.21. The van der Waals surface area contributed by atoms with E-state index in [0.29, 0.717) is 28.7 Å². The van der Waals surface area contributed by atoms with Crippen LogP contribution in [0.2, 0.25) is 10.0 Å². The van der Waals surface area contributed by atoms with Gasteiger partial charge in [0, 0.05) is 28.7 Å². The number of alkyl halides is 2. The first-order valence-electron chi connectivity index (χ1n) is 8.20. The topological polar surface area (TPSA) is 58.2 Å². The number of hydrogen-bond acceptors (Lipinski definition) is 2. The van der Waals surface area contributed by atoms with Crippen molar-refractivity contribution in [3.8, 4) is 0 Å². The lowest BCUT2D eigenvalue weighted by Gasteiger charge is -2.07. The normalized spacial score (nSPS) is 10.8. The monoisotopic (exact) mass is 426 g/mol. The Hall–Kier alpha value is -0.680. The standard InChI is InChI=1S/C17H22Cl4N2O2/c18-13-9-12(10-14(19)11-13)16(24)22-7-5-3-1-2-4-6-8-23-17(25)15(20)21/h9-11,15H,1-8H2,(H,22,24)(H,23,25). The molecule has 140 valence electrons. The summed E-state index contributed by atoms with van der Waals surface area (Å²) in [5.74, 6) is -0.517. The van der Waals surface area contributed by atoms with Crippen LogP contribution < -0.4 is 10.6 Å². The van der Waals surface area contributed by atoms with Crippen molar-refractivity contribution in [1.29, 1.82) is 0 Å². The molecule has 0 aromatic heterocycles. The summed E-state index contributed by atoms with van der Waals surface area (Å²) in [7, 11) is 0. The summed E-state index contributed by atoms with van der Waals surface area (Å²) < 4.78 is 0. The molecule has 0 fully saturated rings. The number of benzene rings is 1. The zero-order valence-electron chi connectivity index (χ0n) is 13.8. The molecule has 0 atom stereocenters. The van der Waals surface area contributed by atoms with Crippen molar-refractivity contribution in [1.82, 2.24) is 10.6 Å². The minimum absolute atomic E-state index is 0.169. The smallest absolute Gasteiger partial charge is 0.253 e. The van der Waals surface area contributed by atoms with Crippen LogP contribution >= 0.6 is 46.4 Å². The predicted octanol–water partition coefficient (Wildman–Crippen LogP) is 4.98. The van der Waals surface area contributed by atoms with Crippen molar-refractivity contribution in [3.05, 3.63) is 33.8 Å². The Labute approximate surface area is 168 Å². The first-order chi connectivity index (χ1) is 11.9. The summed E-state index contributed by atoms with van der Waals surface area (Å²) >= 11 is 22.6. The van der Waals surface area contributed by atoms with E-state index in [9.17, 15) is 9.59 Å². The maximum atomic E-state index is 12.0. The summed E-state index contributed by atoms with van der Waals surface area (Å²) in [6, 6.07) is 4.78. The van der Waals surface area contributed by atoms with Gasteiger partial charge in [0.1, 0.15) is 0 Å². The van der Waals surface area contributed by atoms with Crippen LogP contribution in [0, 0.1) is 0 Å². The second kappa shape index (κ2) is 12.6. The Morgan fingerprint density at radius 2 is 1.28 bits per heavy atom. The first-order valence-corrected chi connectivity index (χ1v) is 9.83. The molecule has 0 bridgehead atoms. The number of amides is 2. The van der Waals surface area contributed by atoms with E-state index >= 15 is 0 Å². The predicted molar refractivity (Wildman–Crippen MR) is 105 cm³/mol. The third-order valence-corrected chi connectivity index (χ3v) is 4.34. The molecule has 0 aliphatic carbocycles. The van der Waals surface area contributed by atoms with E-state index in [1.54, 1.807) is 18.2 Å². The molecule has 0 saturated carbocycles. The molecule has 25 heavy (non-hydrogen) atoms. The maximum absolute atomic E-state index is 12.0. The minimum atomic E-state index is -1.00. The number of carbonyl (C=O) groups is 2. The number of rotatable bonds is 11. The van der Waals surface area contributed by atoms with Crippen molar-refractivity contribution in [2.45, 2.75) is 43.4 Å². The molecule has 0 heterocycles. The van der Waals surface area contributed by atoms with Crippen LogP contribution in [-0.4, -0.2) is 29.7 Å². The quantitative estimate of drug-likeness (QED) is 0.386. The van der Waals surface area contributed by atoms with E-state index in [2.05, 4.69) is 10.6 Å². The van der Waals surface area contributed by atoms with Crippen LogP contribution in [0.15, 0.2) is 18.2 Å². The molecule has 0 aliphatic heterocycles. The number of hydrogen-bond donors (Lipinski definition) is 2. The van der Waals surface area contributed by atoms with Gasteiger partial charge in [0.15, 0.2) is 4.84 Å². The van der Waals surface area contributed by atoms with Crippen molar-refractivity contribution in [2.75, 3.05) is 13.1 Å². The molecule has 4 nitrogen and oxygen atoms in total. The molecule has 0 saturated heterocycles. The lowest BCUT2D eigenvalue weighted by molar-refractivity contribution is -0.119. The summed E-state index contributed by atoms with van der Waals surface area (Å²) in [6.07, 6.45) is 6.05. The van der Waals surface area contributed by atoms with Gasteiger partial charge < -0.3 is 10.6 Å². The lowest BCUT2D eigenvalue weighted by atomic mass is 10.1. The molecule has 8 heteroatoms. The third kappa shape index (κ3) is 10.1. The first kappa shape index (κ1) is 22.4. The van der Waals surface area contributed by atoms with Crippen LogP contribution in [0.1, 0.15) is 48.9 Å². The zero-order valence-corrected chi connectivity index (χ0v) is 16.8. The molecule has 2 amide bonds. The van der Waals surface area contributed by atoms with Gasteiger partial charge in [0.05, 0.1) is 0 Å². The molecular formula is C17H22Cl4N2O2. The van der Waals surface area contributed by atoms with Crippen LogP contribution in [0.5, 0.6) is 0 Å². The van der Waals surface area contributed by atoms with Gasteiger partial charge in [-0.25, -0.2) is 0 Å². The molecule has 0 unspecified atom stereocenters. The number of halogens is 4. The summed E-state index contributed by atoms with van der Waals surface area (Å²) in [4.78, 5) is 22.1. The highest BCUT2D eigenvalue weighted by molar-refractivity contribution is 6.53. The second-order valence-corrected chi connectivity index (χ2v) is 7.60. The van der Waals surface area contributed by atoms with Gasteiger partial charge in [-0.1, -0.05) is 72.1 Å². The van der Waals surface area contributed by atoms with Gasteiger partial charge in [-0.2, -0.15) is 0 Å². The van der Waals surface area contributed by atoms with Gasteiger partial charge in [-0.15, -0.1) is 0 Å². The molecule has 1 aromatic rings. The van der Waals surface area contributed by atoms with Crippen LogP contribution in [0.25, 0.3) is 0 Å². The highest BCUT2D eigenvalue weighted by atomic mass is 35.5. The van der Waals surface area contributed by atoms with Crippen LogP contribution in [-0.2, 0) is 4.79 Å². The van der Waals surface area contributed by atoms with Gasteiger partial charge in [-0.05, 0) is 31.0 Å². The Balaban J connectivity index is 2.01. The number of unbranched alkanes of at least 4 members (excludes halogenated alkanes) is 5. The zero-order chi connectivity index (χ0) is 18.7. The molecule has 1 rings (SSSR count). The van der Waals surface area contributed by atoms with E-state index in [0.717, 1.165) is 38.5 Å². The molecule has 1 aromatic carbocycles. The molecule has 0 aliphatic rings. The van der Waals surface area contributed by atoms with E-state index < -0.39 is 4.84 Å².